The summed E-state index contributed by atoms with van der Waals surface area (Å²) in [5, 5.41) is 9.10. The van der Waals surface area contributed by atoms with Gasteiger partial charge in [0.2, 0.25) is 5.95 Å². The van der Waals surface area contributed by atoms with Crippen molar-refractivity contribution in [1.29, 1.82) is 0 Å². The second-order valence-corrected chi connectivity index (χ2v) is 10.5. The smallest absolute Gasteiger partial charge is 0.307 e. The van der Waals surface area contributed by atoms with Crippen molar-refractivity contribution < 1.29 is 14.3 Å². The molecule has 4 heterocycles. The van der Waals surface area contributed by atoms with E-state index in [0.717, 1.165) is 73.4 Å². The lowest BCUT2D eigenvalue weighted by atomic mass is 10.1. The van der Waals surface area contributed by atoms with Crippen LogP contribution in [0.4, 0.5) is 22.0 Å². The molecule has 2 aliphatic heterocycles. The Hall–Kier alpha value is -3.75. The summed E-state index contributed by atoms with van der Waals surface area (Å²) in [4.78, 5) is 32.5. The lowest BCUT2D eigenvalue weighted by Crippen LogP contribution is -2.53. The average molecular weight is 519 g/mol. The second-order valence-electron chi connectivity index (χ2n) is 10.5. The van der Waals surface area contributed by atoms with Gasteiger partial charge in [0.05, 0.1) is 12.1 Å². The first kappa shape index (κ1) is 25.9. The molecule has 0 aromatic carbocycles. The number of halogens is 1. The van der Waals surface area contributed by atoms with Gasteiger partial charge in [-0.25, -0.2) is 14.4 Å². The van der Waals surface area contributed by atoms with Gasteiger partial charge in [0.25, 0.3) is 0 Å². The molecule has 5 rings (SSSR count). The fraction of sp³-hybridized carbons (Fsp3) is 0.448. The molecule has 2 saturated heterocycles. The maximum Gasteiger partial charge on any atom is 0.307 e. The van der Waals surface area contributed by atoms with Crippen LogP contribution in [-0.4, -0.2) is 64.3 Å². The van der Waals surface area contributed by atoms with Crippen molar-refractivity contribution in [2.24, 2.45) is 0 Å². The summed E-state index contributed by atoms with van der Waals surface area (Å²) in [7, 11) is 0. The number of aliphatic carboxylic acids is 1. The summed E-state index contributed by atoms with van der Waals surface area (Å²) in [5.41, 5.74) is 3.36. The summed E-state index contributed by atoms with van der Waals surface area (Å²) < 4.78 is 13.9. The molecule has 3 aliphatic rings. The summed E-state index contributed by atoms with van der Waals surface area (Å²) in [6.07, 6.45) is 11.3. The first-order chi connectivity index (χ1) is 18.3. The number of nitrogens with zero attached hydrogens (tertiary/aromatic N) is 6. The molecule has 2 aromatic rings. The molecule has 0 saturated carbocycles. The van der Waals surface area contributed by atoms with Crippen LogP contribution in [0.2, 0.25) is 0 Å². The predicted molar refractivity (Wildman–Crippen MR) is 148 cm³/mol. The van der Waals surface area contributed by atoms with E-state index < -0.39 is 5.97 Å². The summed E-state index contributed by atoms with van der Waals surface area (Å²) in [5.74, 6) is 1.48. The maximum absolute atomic E-state index is 13.9. The van der Waals surface area contributed by atoms with Crippen LogP contribution in [0.25, 0.3) is 5.57 Å². The van der Waals surface area contributed by atoms with E-state index >= 15 is 0 Å². The van der Waals surface area contributed by atoms with Crippen molar-refractivity contribution >= 4 is 29.1 Å². The fourth-order valence-electron chi connectivity index (χ4n) is 5.57. The number of carboxylic acids is 1. The largest absolute Gasteiger partial charge is 0.481 e. The van der Waals surface area contributed by atoms with Gasteiger partial charge in [-0.3, -0.25) is 4.79 Å². The van der Waals surface area contributed by atoms with Crippen LogP contribution in [0.3, 0.4) is 0 Å². The summed E-state index contributed by atoms with van der Waals surface area (Å²) in [6.45, 7) is 9.59. The number of carbonyl (C=O) groups is 1. The van der Waals surface area contributed by atoms with Gasteiger partial charge in [0, 0.05) is 62.5 Å². The Morgan fingerprint density at radius 3 is 2.66 bits per heavy atom. The minimum absolute atomic E-state index is 0.0274. The maximum atomic E-state index is 13.9. The number of allylic oxidation sites excluding steroid dienone is 6. The Labute approximate surface area is 223 Å². The van der Waals surface area contributed by atoms with Crippen LogP contribution in [0.5, 0.6) is 0 Å². The molecule has 0 radical (unpaired) electrons. The van der Waals surface area contributed by atoms with Crippen LogP contribution < -0.4 is 14.7 Å². The first-order valence-corrected chi connectivity index (χ1v) is 13.4. The van der Waals surface area contributed by atoms with E-state index in [-0.39, 0.29) is 24.7 Å². The monoisotopic (exact) mass is 518 g/mol. The number of hydrogen-bond donors (Lipinski definition) is 1. The van der Waals surface area contributed by atoms with Crippen molar-refractivity contribution in [1.82, 2.24) is 15.0 Å². The molecule has 2 aromatic heterocycles. The van der Waals surface area contributed by atoms with E-state index in [1.54, 1.807) is 12.3 Å². The summed E-state index contributed by atoms with van der Waals surface area (Å²) in [6, 6.07) is 4.47. The molecule has 0 amide bonds. The molecule has 8 nitrogen and oxygen atoms in total. The van der Waals surface area contributed by atoms with Gasteiger partial charge in [-0.2, -0.15) is 4.98 Å². The third-order valence-corrected chi connectivity index (χ3v) is 7.54. The van der Waals surface area contributed by atoms with Crippen LogP contribution >= 0.6 is 0 Å². The van der Waals surface area contributed by atoms with Gasteiger partial charge in [0.1, 0.15) is 17.5 Å². The fourth-order valence-corrected chi connectivity index (χ4v) is 5.57. The van der Waals surface area contributed by atoms with Gasteiger partial charge >= 0.3 is 5.97 Å². The van der Waals surface area contributed by atoms with Crippen LogP contribution in [0.15, 0.2) is 48.5 Å². The molecule has 1 aliphatic carbocycles. The van der Waals surface area contributed by atoms with Gasteiger partial charge in [-0.1, -0.05) is 24.3 Å². The van der Waals surface area contributed by atoms with Gasteiger partial charge in [-0.15, -0.1) is 0 Å². The van der Waals surface area contributed by atoms with E-state index in [1.165, 1.54) is 6.08 Å². The Bertz CT molecular complexity index is 1310. The normalized spacial score (nSPS) is 21.8. The number of rotatable bonds is 6. The number of pyridine rings is 1. The number of aryl methyl sites for hydroxylation is 1. The number of piperazine rings is 1. The highest BCUT2D eigenvalue weighted by atomic mass is 19.1. The third-order valence-electron chi connectivity index (χ3n) is 7.54. The Balaban J connectivity index is 1.42. The highest BCUT2D eigenvalue weighted by Gasteiger charge is 2.29. The Morgan fingerprint density at radius 1 is 1.11 bits per heavy atom. The molecular formula is C29H35FN6O2. The standard InChI is InChI=1S/C29H35FN6O2/c1-19-14-22(15-27(37)38)17-31-28(19)34-12-13-35(21(3)18-34)26-16-25(23-7-4-8-24(30)10-9-23)32-29(33-26)36-11-5-6-20(36)2/h4,7,9-10,14,16-17,20-21H,5-6,8,11-13,15,18H2,1-3H3,(H,37,38). The highest BCUT2D eigenvalue weighted by molar-refractivity contribution is 5.76. The zero-order valence-electron chi connectivity index (χ0n) is 22.3. The SMILES string of the molecule is Cc1cc(CC(=O)O)cnc1N1CCN(c2cc(C3=CC=C(F)CC=C3)nc(N3CCCC3C)n2)C(C)C1. The van der Waals surface area contributed by atoms with Gasteiger partial charge < -0.3 is 19.8 Å². The molecule has 2 atom stereocenters. The second kappa shape index (κ2) is 10.9. The van der Waals surface area contributed by atoms with Crippen molar-refractivity contribution in [2.45, 2.75) is 58.5 Å². The molecule has 2 unspecified atom stereocenters. The predicted octanol–water partition coefficient (Wildman–Crippen LogP) is 4.71. The number of hydrogen-bond acceptors (Lipinski definition) is 7. The molecule has 0 bridgehead atoms. The lowest BCUT2D eigenvalue weighted by Gasteiger charge is -2.41. The Kier molecular flexibility index (Phi) is 7.44. The number of aromatic nitrogens is 3. The highest BCUT2D eigenvalue weighted by Crippen LogP contribution is 2.31. The molecule has 2 fully saturated rings. The van der Waals surface area contributed by atoms with Crippen LogP contribution in [-0.2, 0) is 11.2 Å². The third kappa shape index (κ3) is 5.56. The topological polar surface area (TPSA) is 85.7 Å². The minimum Gasteiger partial charge on any atom is -0.481 e. The average Bonchev–Trinajstić information content (AvgIpc) is 3.19. The van der Waals surface area contributed by atoms with Crippen LogP contribution in [0.1, 0.15) is 49.9 Å². The molecule has 38 heavy (non-hydrogen) atoms. The van der Waals surface area contributed by atoms with E-state index in [9.17, 15) is 9.18 Å². The first-order valence-electron chi connectivity index (χ1n) is 13.4. The molecule has 200 valence electrons. The molecular weight excluding hydrogens is 483 g/mol. The lowest BCUT2D eigenvalue weighted by molar-refractivity contribution is -0.136. The Morgan fingerprint density at radius 2 is 1.95 bits per heavy atom. The van der Waals surface area contributed by atoms with E-state index in [1.807, 2.05) is 31.2 Å². The molecule has 9 heteroatoms. The van der Waals surface area contributed by atoms with Gasteiger partial charge in [-0.05, 0) is 50.8 Å². The van der Waals surface area contributed by atoms with Gasteiger partial charge in [0.15, 0.2) is 0 Å². The zero-order valence-corrected chi connectivity index (χ0v) is 22.3. The van der Waals surface area contributed by atoms with Crippen molar-refractivity contribution in [3.8, 4) is 0 Å². The minimum atomic E-state index is -0.857. The van der Waals surface area contributed by atoms with Crippen LogP contribution in [0, 0.1) is 6.92 Å². The van der Waals surface area contributed by atoms with Crippen molar-refractivity contribution in [2.75, 3.05) is 40.9 Å². The zero-order chi connectivity index (χ0) is 26.8. The number of carboxylic acid groups (broad SMARTS) is 1. The van der Waals surface area contributed by atoms with Crippen molar-refractivity contribution in [3.05, 3.63) is 65.3 Å². The van der Waals surface area contributed by atoms with E-state index in [0.29, 0.717) is 11.6 Å². The quantitative estimate of drug-likeness (QED) is 0.589. The van der Waals surface area contributed by atoms with E-state index in [2.05, 4.69) is 33.5 Å². The molecule has 0 spiro atoms. The van der Waals surface area contributed by atoms with E-state index in [4.69, 9.17) is 15.1 Å². The molecule has 1 N–H and O–H groups in total. The number of anilines is 3. The van der Waals surface area contributed by atoms with Crippen molar-refractivity contribution in [3.63, 3.8) is 0 Å². The summed E-state index contributed by atoms with van der Waals surface area (Å²) >= 11 is 0.